The number of aromatic nitrogens is 1. The van der Waals surface area contributed by atoms with Crippen LogP contribution in [-0.2, 0) is 22.6 Å². The minimum atomic E-state index is -0.701. The lowest BCUT2D eigenvalue weighted by atomic mass is 9.47. The molecular formula is C29H35N3O5S2. The van der Waals surface area contributed by atoms with E-state index in [1.165, 1.54) is 11.3 Å². The summed E-state index contributed by atoms with van der Waals surface area (Å²) in [5.74, 6) is -0.0249. The highest BCUT2D eigenvalue weighted by Gasteiger charge is 2.59. The van der Waals surface area contributed by atoms with Crippen molar-refractivity contribution in [2.24, 2.45) is 16.7 Å². The number of thiazole rings is 1. The first-order chi connectivity index (χ1) is 18.7. The van der Waals surface area contributed by atoms with E-state index in [0.29, 0.717) is 30.3 Å². The Balaban J connectivity index is 1.38. The monoisotopic (exact) mass is 569 g/mol. The van der Waals surface area contributed by atoms with Crippen LogP contribution in [0.25, 0.3) is 0 Å². The van der Waals surface area contributed by atoms with Gasteiger partial charge in [-0.2, -0.15) is 0 Å². The van der Waals surface area contributed by atoms with Gasteiger partial charge in [0.2, 0.25) is 5.91 Å². The Kier molecular flexibility index (Phi) is 8.09. The van der Waals surface area contributed by atoms with Crippen LogP contribution in [0.2, 0.25) is 0 Å². The van der Waals surface area contributed by atoms with E-state index in [-0.39, 0.29) is 48.7 Å². The van der Waals surface area contributed by atoms with Gasteiger partial charge in [0.25, 0.3) is 5.91 Å². The maximum absolute atomic E-state index is 13.2. The van der Waals surface area contributed by atoms with Gasteiger partial charge in [0.05, 0.1) is 24.9 Å². The zero-order valence-corrected chi connectivity index (χ0v) is 23.8. The minimum Gasteiger partial charge on any atom is -0.484 e. The van der Waals surface area contributed by atoms with Crippen molar-refractivity contribution < 1.29 is 24.5 Å². The standard InChI is InChI=1S/C29H35N3O5S2/c1-28-11-10-23(34)29(2,17-33)22(28)14-21-26(20(28)13-24(35)30-15-19-9-6-12-38-19)32-27(39-21)31-25(36)16-37-18-7-4-3-5-8-18/h3-9,12,20,22-23,33-34H,10-11,13-17H2,1-2H3,(H,30,35)(H,31,32,36). The average molecular weight is 570 g/mol. The summed E-state index contributed by atoms with van der Waals surface area (Å²) in [6.45, 7) is 4.31. The summed E-state index contributed by atoms with van der Waals surface area (Å²) in [5.41, 5.74) is -0.218. The van der Waals surface area contributed by atoms with E-state index in [1.54, 1.807) is 23.5 Å². The molecule has 0 spiro atoms. The van der Waals surface area contributed by atoms with Crippen molar-refractivity contribution in [2.45, 2.75) is 58.1 Å². The van der Waals surface area contributed by atoms with E-state index in [4.69, 9.17) is 9.72 Å². The number of nitrogens with zero attached hydrogens (tertiary/aromatic N) is 1. The second kappa shape index (κ2) is 11.4. The topological polar surface area (TPSA) is 121 Å². The van der Waals surface area contributed by atoms with E-state index >= 15 is 0 Å². The zero-order valence-electron chi connectivity index (χ0n) is 22.2. The smallest absolute Gasteiger partial charge is 0.264 e. The molecule has 0 bridgehead atoms. The highest BCUT2D eigenvalue weighted by molar-refractivity contribution is 7.15. The van der Waals surface area contributed by atoms with Crippen LogP contribution in [0.1, 0.15) is 54.5 Å². The summed E-state index contributed by atoms with van der Waals surface area (Å²) >= 11 is 3.00. The molecule has 4 N–H and O–H groups in total. The van der Waals surface area contributed by atoms with Crippen molar-refractivity contribution in [3.05, 3.63) is 63.3 Å². The van der Waals surface area contributed by atoms with Gasteiger partial charge in [-0.1, -0.05) is 38.1 Å². The van der Waals surface area contributed by atoms with Gasteiger partial charge in [-0.05, 0) is 54.2 Å². The fraction of sp³-hybridized carbons (Fsp3) is 0.483. The molecule has 0 radical (unpaired) electrons. The lowest BCUT2D eigenvalue weighted by molar-refractivity contribution is -0.144. The van der Waals surface area contributed by atoms with Gasteiger partial charge in [0, 0.05) is 27.5 Å². The molecule has 3 aromatic rings. The number of para-hydroxylation sites is 1. The second-order valence-corrected chi connectivity index (χ2v) is 13.2. The number of fused-ring (bicyclic) bond motifs is 2. The third kappa shape index (κ3) is 5.61. The van der Waals surface area contributed by atoms with E-state index in [9.17, 15) is 19.8 Å². The Morgan fingerprint density at radius 2 is 1.95 bits per heavy atom. The van der Waals surface area contributed by atoms with E-state index in [2.05, 4.69) is 17.6 Å². The molecule has 0 aliphatic heterocycles. The number of rotatable bonds is 9. The number of carbonyl (C=O) groups excluding carboxylic acids is 2. The van der Waals surface area contributed by atoms with Crippen molar-refractivity contribution in [3.8, 4) is 5.75 Å². The first kappa shape index (κ1) is 27.8. The first-order valence-corrected chi connectivity index (χ1v) is 15.0. The summed E-state index contributed by atoms with van der Waals surface area (Å²) in [7, 11) is 0. The molecule has 2 amide bonds. The number of carbonyl (C=O) groups is 2. The maximum atomic E-state index is 13.2. The van der Waals surface area contributed by atoms with Gasteiger partial charge in [-0.15, -0.1) is 22.7 Å². The molecule has 208 valence electrons. The predicted molar refractivity (Wildman–Crippen MR) is 152 cm³/mol. The predicted octanol–water partition coefficient (Wildman–Crippen LogP) is 4.34. The lowest BCUT2D eigenvalue weighted by Gasteiger charge is -2.58. The molecule has 8 nitrogen and oxygen atoms in total. The Labute approximate surface area is 236 Å². The van der Waals surface area contributed by atoms with Gasteiger partial charge in [0.1, 0.15) is 5.75 Å². The van der Waals surface area contributed by atoms with E-state index in [0.717, 1.165) is 21.9 Å². The number of hydrogen-bond donors (Lipinski definition) is 4. The average Bonchev–Trinajstić information content (AvgIpc) is 3.60. The molecule has 10 heteroatoms. The molecule has 5 atom stereocenters. The van der Waals surface area contributed by atoms with Crippen LogP contribution in [-0.4, -0.2) is 46.3 Å². The molecule has 2 aliphatic rings. The SMILES string of the molecule is CC1(CO)C(O)CCC2(C)C(CC(=O)NCc3cccs3)c3nc(NC(=O)COc4ccccc4)sc3CC12. The van der Waals surface area contributed by atoms with Crippen LogP contribution in [0.5, 0.6) is 5.75 Å². The van der Waals surface area contributed by atoms with Crippen LogP contribution in [0.15, 0.2) is 47.8 Å². The fourth-order valence-corrected chi connectivity index (χ4v) is 8.11. The summed E-state index contributed by atoms with van der Waals surface area (Å²) < 4.78 is 5.58. The fourth-order valence-electron chi connectivity index (χ4n) is 6.38. The summed E-state index contributed by atoms with van der Waals surface area (Å²) in [4.78, 5) is 32.8. The van der Waals surface area contributed by atoms with Crippen molar-refractivity contribution >= 4 is 39.6 Å². The van der Waals surface area contributed by atoms with Gasteiger partial charge >= 0.3 is 0 Å². The quantitative estimate of drug-likeness (QED) is 0.304. The summed E-state index contributed by atoms with van der Waals surface area (Å²) in [6.07, 6.45) is 1.52. The van der Waals surface area contributed by atoms with Crippen molar-refractivity contribution in [3.63, 3.8) is 0 Å². The Morgan fingerprint density at radius 1 is 1.15 bits per heavy atom. The van der Waals surface area contributed by atoms with E-state index in [1.807, 2.05) is 42.6 Å². The Hall–Kier alpha value is -2.79. The van der Waals surface area contributed by atoms with Crippen LogP contribution in [0.4, 0.5) is 5.13 Å². The molecule has 1 aromatic carbocycles. The summed E-state index contributed by atoms with van der Waals surface area (Å²) in [6, 6.07) is 13.1. The molecule has 1 saturated carbocycles. The number of aliphatic hydroxyl groups is 2. The maximum Gasteiger partial charge on any atom is 0.264 e. The van der Waals surface area contributed by atoms with Crippen LogP contribution in [0.3, 0.4) is 0 Å². The highest BCUT2D eigenvalue weighted by Crippen LogP contribution is 2.62. The van der Waals surface area contributed by atoms with Crippen LogP contribution < -0.4 is 15.4 Å². The number of thiophene rings is 1. The number of hydrogen-bond acceptors (Lipinski definition) is 8. The molecule has 2 heterocycles. The molecule has 0 saturated heterocycles. The van der Waals surface area contributed by atoms with Gasteiger partial charge in [0.15, 0.2) is 11.7 Å². The van der Waals surface area contributed by atoms with Gasteiger partial charge < -0.3 is 20.3 Å². The molecule has 2 aromatic heterocycles. The van der Waals surface area contributed by atoms with E-state index < -0.39 is 11.5 Å². The normalized spacial score (nSPS) is 27.7. The number of amides is 2. The molecule has 5 unspecified atom stereocenters. The number of nitrogens with one attached hydrogen (secondary N) is 2. The molecule has 1 fully saturated rings. The molecular weight excluding hydrogens is 534 g/mol. The van der Waals surface area contributed by atoms with Crippen LogP contribution >= 0.6 is 22.7 Å². The Morgan fingerprint density at radius 3 is 2.67 bits per heavy atom. The number of ether oxygens (including phenoxy) is 1. The van der Waals surface area contributed by atoms with Crippen molar-refractivity contribution in [1.82, 2.24) is 10.3 Å². The van der Waals surface area contributed by atoms with Crippen LogP contribution in [0, 0.1) is 16.7 Å². The number of anilines is 1. The minimum absolute atomic E-state index is 0.0493. The number of benzene rings is 1. The highest BCUT2D eigenvalue weighted by atomic mass is 32.1. The third-order valence-electron chi connectivity index (χ3n) is 8.68. The first-order valence-electron chi connectivity index (χ1n) is 13.3. The molecule has 5 rings (SSSR count). The molecule has 2 aliphatic carbocycles. The van der Waals surface area contributed by atoms with Crippen molar-refractivity contribution in [1.29, 1.82) is 0 Å². The van der Waals surface area contributed by atoms with Crippen molar-refractivity contribution in [2.75, 3.05) is 18.5 Å². The largest absolute Gasteiger partial charge is 0.484 e. The van der Waals surface area contributed by atoms with Gasteiger partial charge in [-0.3, -0.25) is 14.9 Å². The number of aliphatic hydroxyl groups excluding tert-OH is 2. The third-order valence-corrected chi connectivity index (χ3v) is 10.6. The van der Waals surface area contributed by atoms with Gasteiger partial charge in [-0.25, -0.2) is 4.98 Å². The zero-order chi connectivity index (χ0) is 27.6. The second-order valence-electron chi connectivity index (χ2n) is 11.1. The Bertz CT molecular complexity index is 1300. The summed E-state index contributed by atoms with van der Waals surface area (Å²) in [5, 5.41) is 29.8. The molecule has 39 heavy (non-hydrogen) atoms. The lowest BCUT2D eigenvalue weighted by Crippen LogP contribution is -2.57.